The van der Waals surface area contributed by atoms with E-state index in [4.69, 9.17) is 18.0 Å². The van der Waals surface area contributed by atoms with E-state index in [-0.39, 0.29) is 5.82 Å². The predicted molar refractivity (Wildman–Crippen MR) is 78.0 cm³/mol. The third kappa shape index (κ3) is 2.47. The lowest BCUT2D eigenvalue weighted by Crippen LogP contribution is -2.03. The molecule has 5 nitrogen and oxygen atoms in total. The maximum Gasteiger partial charge on any atom is 0.199 e. The van der Waals surface area contributed by atoms with Crippen LogP contribution in [0.15, 0.2) is 29.6 Å². The van der Waals surface area contributed by atoms with Crippen molar-refractivity contribution in [2.75, 3.05) is 5.73 Å². The van der Waals surface area contributed by atoms with E-state index in [1.807, 2.05) is 5.38 Å². The normalized spacial score (nSPS) is 10.8. The quantitative estimate of drug-likeness (QED) is 0.730. The Morgan fingerprint density at radius 3 is 2.75 bits per heavy atom. The summed E-state index contributed by atoms with van der Waals surface area (Å²) in [7, 11) is 0. The molecule has 0 saturated carbocycles. The first kappa shape index (κ1) is 12.9. The number of halogens is 1. The summed E-state index contributed by atoms with van der Waals surface area (Å²) in [6, 6.07) is 6.07. The SMILES string of the molecule is Nc1nc(Cc2n[nH]c(=S)n2-c2ccc(F)cc2)cs1. The molecule has 0 radical (unpaired) electrons. The third-order valence-corrected chi connectivity index (χ3v) is 3.73. The average Bonchev–Trinajstić information content (AvgIpc) is 2.98. The van der Waals surface area contributed by atoms with E-state index in [9.17, 15) is 4.39 Å². The van der Waals surface area contributed by atoms with Crippen LogP contribution in [0.4, 0.5) is 9.52 Å². The smallest absolute Gasteiger partial charge is 0.199 e. The lowest BCUT2D eigenvalue weighted by Gasteiger charge is -2.05. The van der Waals surface area contributed by atoms with Crippen molar-refractivity contribution in [3.05, 3.63) is 51.8 Å². The Morgan fingerprint density at radius 2 is 2.10 bits per heavy atom. The molecule has 0 fully saturated rings. The van der Waals surface area contributed by atoms with Gasteiger partial charge in [-0.3, -0.25) is 9.67 Å². The summed E-state index contributed by atoms with van der Waals surface area (Å²) in [4.78, 5) is 4.20. The van der Waals surface area contributed by atoms with Gasteiger partial charge in [-0.25, -0.2) is 9.37 Å². The minimum Gasteiger partial charge on any atom is -0.375 e. The number of aromatic amines is 1. The van der Waals surface area contributed by atoms with Crippen molar-refractivity contribution < 1.29 is 4.39 Å². The molecule has 3 N–H and O–H groups in total. The highest BCUT2D eigenvalue weighted by atomic mass is 32.1. The van der Waals surface area contributed by atoms with Crippen LogP contribution < -0.4 is 5.73 Å². The molecule has 0 bridgehead atoms. The van der Waals surface area contributed by atoms with E-state index < -0.39 is 0 Å². The summed E-state index contributed by atoms with van der Waals surface area (Å²) >= 11 is 6.60. The Morgan fingerprint density at radius 1 is 1.35 bits per heavy atom. The first-order valence-corrected chi connectivity index (χ1v) is 7.04. The maximum atomic E-state index is 13.0. The van der Waals surface area contributed by atoms with Crippen LogP contribution in [0.25, 0.3) is 5.69 Å². The summed E-state index contributed by atoms with van der Waals surface area (Å²) in [5.74, 6) is 0.407. The van der Waals surface area contributed by atoms with Gasteiger partial charge in [-0.05, 0) is 36.5 Å². The van der Waals surface area contributed by atoms with Crippen LogP contribution >= 0.6 is 23.6 Å². The van der Waals surface area contributed by atoms with E-state index in [0.29, 0.717) is 22.1 Å². The largest absolute Gasteiger partial charge is 0.375 e. The molecule has 0 aliphatic carbocycles. The summed E-state index contributed by atoms with van der Waals surface area (Å²) < 4.78 is 15.2. The van der Waals surface area contributed by atoms with Crippen molar-refractivity contribution in [3.8, 4) is 5.69 Å². The van der Waals surface area contributed by atoms with Crippen molar-refractivity contribution >= 4 is 28.7 Å². The maximum absolute atomic E-state index is 13.0. The fourth-order valence-corrected chi connectivity index (χ4v) is 2.69. The van der Waals surface area contributed by atoms with E-state index in [1.165, 1.54) is 23.5 Å². The van der Waals surface area contributed by atoms with Crippen LogP contribution in [0, 0.1) is 10.6 Å². The molecule has 2 aromatic heterocycles. The summed E-state index contributed by atoms with van der Waals surface area (Å²) in [6.07, 6.45) is 0.498. The molecule has 2 heterocycles. The molecular weight excluding hydrogens is 297 g/mol. The number of rotatable bonds is 3. The molecule has 0 amide bonds. The van der Waals surface area contributed by atoms with Crippen molar-refractivity contribution in [1.82, 2.24) is 19.7 Å². The average molecular weight is 307 g/mol. The molecule has 0 spiro atoms. The van der Waals surface area contributed by atoms with Crippen LogP contribution in [0.1, 0.15) is 11.5 Å². The molecule has 8 heteroatoms. The third-order valence-electron chi connectivity index (χ3n) is 2.74. The second-order valence-electron chi connectivity index (χ2n) is 4.11. The van der Waals surface area contributed by atoms with Crippen molar-refractivity contribution in [2.45, 2.75) is 6.42 Å². The Bertz CT molecular complexity index is 787. The van der Waals surface area contributed by atoms with Gasteiger partial charge < -0.3 is 5.73 Å². The number of nitrogens with two attached hydrogens (primary N) is 1. The molecule has 0 aliphatic heterocycles. The molecule has 0 saturated heterocycles. The van der Waals surface area contributed by atoms with Crippen LogP contribution in [-0.2, 0) is 6.42 Å². The fourth-order valence-electron chi connectivity index (χ4n) is 1.87. The second-order valence-corrected chi connectivity index (χ2v) is 5.39. The van der Waals surface area contributed by atoms with Crippen molar-refractivity contribution in [1.29, 1.82) is 0 Å². The Balaban J connectivity index is 2.01. The van der Waals surface area contributed by atoms with Gasteiger partial charge >= 0.3 is 0 Å². The lowest BCUT2D eigenvalue weighted by molar-refractivity contribution is 0.627. The predicted octanol–water partition coefficient (Wildman–Crippen LogP) is 2.70. The molecule has 0 aliphatic rings. The van der Waals surface area contributed by atoms with Gasteiger partial charge in [-0.1, -0.05) is 0 Å². The van der Waals surface area contributed by atoms with Gasteiger partial charge in [-0.2, -0.15) is 5.10 Å². The van der Waals surface area contributed by atoms with Gasteiger partial charge in [0.15, 0.2) is 9.90 Å². The number of hydrogen-bond donors (Lipinski definition) is 2. The van der Waals surface area contributed by atoms with Gasteiger partial charge in [0.1, 0.15) is 11.6 Å². The standard InChI is InChI=1S/C12H10FN5S2/c13-7-1-3-9(4-2-7)18-10(16-17-12(18)19)5-8-6-20-11(14)15-8/h1-4,6H,5H2,(H2,14,15)(H,17,19). The van der Waals surface area contributed by atoms with Gasteiger partial charge in [0, 0.05) is 11.1 Å². The van der Waals surface area contributed by atoms with Crippen molar-refractivity contribution in [2.24, 2.45) is 0 Å². The summed E-state index contributed by atoms with van der Waals surface area (Å²) in [6.45, 7) is 0. The molecular formula is C12H10FN5S2. The second kappa shape index (κ2) is 5.14. The molecule has 20 heavy (non-hydrogen) atoms. The Hall–Kier alpha value is -2.06. The number of H-pyrrole nitrogens is 1. The van der Waals surface area contributed by atoms with Gasteiger partial charge in [0.05, 0.1) is 12.1 Å². The Labute approximate surface area is 122 Å². The molecule has 3 aromatic rings. The molecule has 102 valence electrons. The molecule has 0 atom stereocenters. The molecule has 3 rings (SSSR count). The number of hydrogen-bond acceptors (Lipinski definition) is 5. The minimum atomic E-state index is -0.294. The number of nitrogens with one attached hydrogen (secondary N) is 1. The number of thiazole rings is 1. The van der Waals surface area contributed by atoms with Gasteiger partial charge in [-0.15, -0.1) is 11.3 Å². The highest BCUT2D eigenvalue weighted by molar-refractivity contribution is 7.71. The van der Waals surface area contributed by atoms with E-state index >= 15 is 0 Å². The number of nitrogen functional groups attached to an aromatic ring is 1. The molecule has 1 aromatic carbocycles. The van der Waals surface area contributed by atoms with Crippen molar-refractivity contribution in [3.63, 3.8) is 0 Å². The van der Waals surface area contributed by atoms with E-state index in [2.05, 4.69) is 15.2 Å². The highest BCUT2D eigenvalue weighted by Gasteiger charge is 2.11. The summed E-state index contributed by atoms with van der Waals surface area (Å²) in [5, 5.41) is 9.33. The highest BCUT2D eigenvalue weighted by Crippen LogP contribution is 2.17. The first-order valence-electron chi connectivity index (χ1n) is 5.75. The van der Waals surface area contributed by atoms with Gasteiger partial charge in [0.25, 0.3) is 0 Å². The fraction of sp³-hybridized carbons (Fsp3) is 0.0833. The minimum absolute atomic E-state index is 0.294. The first-order chi connectivity index (χ1) is 9.63. The zero-order valence-corrected chi connectivity index (χ0v) is 11.8. The summed E-state index contributed by atoms with van der Waals surface area (Å²) in [5.41, 5.74) is 7.19. The van der Waals surface area contributed by atoms with Gasteiger partial charge in [0.2, 0.25) is 0 Å². The Kier molecular flexibility index (Phi) is 3.33. The van der Waals surface area contributed by atoms with Crippen LogP contribution in [0.5, 0.6) is 0 Å². The monoisotopic (exact) mass is 307 g/mol. The molecule has 0 unspecified atom stereocenters. The van der Waals surface area contributed by atoms with E-state index in [1.54, 1.807) is 16.7 Å². The topological polar surface area (TPSA) is 72.5 Å². The number of anilines is 1. The van der Waals surface area contributed by atoms with Crippen LogP contribution in [0.3, 0.4) is 0 Å². The van der Waals surface area contributed by atoms with Crippen LogP contribution in [-0.4, -0.2) is 19.7 Å². The number of benzene rings is 1. The lowest BCUT2D eigenvalue weighted by atomic mass is 10.3. The zero-order chi connectivity index (χ0) is 14.1. The van der Waals surface area contributed by atoms with E-state index in [0.717, 1.165) is 11.4 Å². The number of nitrogens with zero attached hydrogens (tertiary/aromatic N) is 3. The number of aromatic nitrogens is 4. The zero-order valence-electron chi connectivity index (χ0n) is 10.2. The van der Waals surface area contributed by atoms with Crippen LogP contribution in [0.2, 0.25) is 0 Å².